The van der Waals surface area contributed by atoms with Crippen LogP contribution in [0.15, 0.2) is 36.7 Å². The van der Waals surface area contributed by atoms with Gasteiger partial charge in [0.2, 0.25) is 5.95 Å². The number of hydrogen-bond donors (Lipinski definition) is 2. The number of halogens is 4. The van der Waals surface area contributed by atoms with Crippen LogP contribution in [0.25, 0.3) is 10.9 Å². The van der Waals surface area contributed by atoms with Gasteiger partial charge >= 0.3 is 0 Å². The number of pyridine rings is 2. The Hall–Kier alpha value is -3.95. The van der Waals surface area contributed by atoms with Crippen molar-refractivity contribution in [3.8, 4) is 6.07 Å². The van der Waals surface area contributed by atoms with Crippen molar-refractivity contribution in [3.63, 3.8) is 0 Å². The number of anilines is 2. The number of rotatable bonds is 8. The van der Waals surface area contributed by atoms with Gasteiger partial charge in [0.15, 0.2) is 0 Å². The molecule has 9 nitrogen and oxygen atoms in total. The molecule has 0 spiro atoms. The first-order valence-electron chi connectivity index (χ1n) is 14.0. The smallest absolute Gasteiger partial charge is 0.263 e. The van der Waals surface area contributed by atoms with Crippen LogP contribution in [0.5, 0.6) is 0 Å². The Kier molecular flexibility index (Phi) is 7.42. The lowest BCUT2D eigenvalue weighted by Gasteiger charge is -2.39. The molecule has 224 valence electrons. The van der Waals surface area contributed by atoms with E-state index in [-0.39, 0.29) is 11.5 Å². The van der Waals surface area contributed by atoms with E-state index in [1.54, 1.807) is 19.1 Å². The van der Waals surface area contributed by atoms with Crippen molar-refractivity contribution >= 4 is 33.9 Å². The fourth-order valence-corrected chi connectivity index (χ4v) is 5.95. The molecule has 3 aromatic heterocycles. The van der Waals surface area contributed by atoms with E-state index in [0.717, 1.165) is 6.42 Å². The molecule has 1 saturated heterocycles. The van der Waals surface area contributed by atoms with Crippen molar-refractivity contribution in [3.05, 3.63) is 70.1 Å². The quantitative estimate of drug-likeness (QED) is 0.221. The summed E-state index contributed by atoms with van der Waals surface area (Å²) >= 11 is 6.75. The molecular weight excluding hydrogens is 581 g/mol. The Morgan fingerprint density at radius 2 is 2.02 bits per heavy atom. The second-order valence-corrected chi connectivity index (χ2v) is 12.3. The Labute approximate surface area is 251 Å². The molecule has 2 aliphatic rings. The van der Waals surface area contributed by atoms with Crippen molar-refractivity contribution in [2.75, 3.05) is 23.8 Å². The van der Waals surface area contributed by atoms with Gasteiger partial charge in [-0.3, -0.25) is 4.98 Å². The van der Waals surface area contributed by atoms with Gasteiger partial charge in [0.25, 0.3) is 6.43 Å². The summed E-state index contributed by atoms with van der Waals surface area (Å²) in [6, 6.07) is 7.85. The monoisotopic (exact) mass is 610 g/mol. The van der Waals surface area contributed by atoms with Crippen molar-refractivity contribution in [1.82, 2.24) is 25.0 Å². The lowest BCUT2D eigenvalue weighted by molar-refractivity contribution is 0.00350. The molecule has 1 aromatic carbocycles. The number of aryl methyl sites for hydroxylation is 1. The first-order chi connectivity index (χ1) is 20.5. The maximum absolute atomic E-state index is 14.0. The molecule has 1 aliphatic heterocycles. The number of hydrogen-bond acceptors (Lipinski definition) is 8. The highest BCUT2D eigenvalue weighted by molar-refractivity contribution is 6.35. The second-order valence-electron chi connectivity index (χ2n) is 11.9. The predicted molar refractivity (Wildman–Crippen MR) is 156 cm³/mol. The van der Waals surface area contributed by atoms with Crippen LogP contribution in [0, 0.1) is 29.6 Å². The molecule has 43 heavy (non-hydrogen) atoms. The van der Waals surface area contributed by atoms with E-state index in [1.807, 2.05) is 6.07 Å². The Bertz CT molecular complexity index is 1730. The highest BCUT2D eigenvalue weighted by atomic mass is 35.5. The zero-order valence-electron chi connectivity index (χ0n) is 23.8. The number of nitrogens with one attached hydrogen (secondary N) is 2. The number of ether oxygens (including phenoxy) is 1. The van der Waals surface area contributed by atoms with Gasteiger partial charge in [-0.25, -0.2) is 18.4 Å². The zero-order chi connectivity index (χ0) is 30.5. The molecule has 2 fully saturated rings. The molecule has 13 heteroatoms. The first kappa shape index (κ1) is 29.1. The van der Waals surface area contributed by atoms with Gasteiger partial charge in [-0.2, -0.15) is 9.65 Å². The summed E-state index contributed by atoms with van der Waals surface area (Å²) < 4.78 is 48.6. The van der Waals surface area contributed by atoms with Crippen LogP contribution < -0.4 is 10.6 Å². The van der Waals surface area contributed by atoms with Gasteiger partial charge in [0, 0.05) is 46.6 Å². The van der Waals surface area contributed by atoms with E-state index in [2.05, 4.69) is 50.8 Å². The average molecular weight is 611 g/mol. The third kappa shape index (κ3) is 5.36. The normalized spacial score (nSPS) is 19.7. The molecule has 4 heterocycles. The maximum Gasteiger partial charge on any atom is 0.263 e. The van der Waals surface area contributed by atoms with Crippen LogP contribution in [-0.2, 0) is 10.3 Å². The van der Waals surface area contributed by atoms with E-state index >= 15 is 0 Å². The summed E-state index contributed by atoms with van der Waals surface area (Å²) in [6.07, 6.45) is 1.77. The molecule has 0 unspecified atom stereocenters. The molecule has 0 bridgehead atoms. The maximum atomic E-state index is 14.0. The molecule has 2 N–H and O–H groups in total. The van der Waals surface area contributed by atoms with Crippen molar-refractivity contribution in [2.45, 2.75) is 64.1 Å². The summed E-state index contributed by atoms with van der Waals surface area (Å²) in [6.45, 7) is 7.04. The predicted octanol–water partition coefficient (Wildman–Crippen LogP) is 6.38. The van der Waals surface area contributed by atoms with E-state index < -0.39 is 24.0 Å². The third-order valence-corrected chi connectivity index (χ3v) is 8.77. The standard InChI is InChI=1S/C30H30ClF3N8O/c1-16-19(4-5-24(32)37-16)27(22-14-42(41-40-22)30(7-8-30)28(33)34)38-18-10-20-25(39-23-6-9-43-15-29(23,2)3)17(12-35)13-36-26(20)21(31)11-18/h4-5,10-11,13-14,23,27-28,38H,6-9,15H2,1-3H3,(H,36,39)/t23-,27+/m1/s1. The molecule has 0 radical (unpaired) electrons. The topological polar surface area (TPSA) is 114 Å². The lowest BCUT2D eigenvalue weighted by Crippen LogP contribution is -2.44. The summed E-state index contributed by atoms with van der Waals surface area (Å²) in [7, 11) is 0. The largest absolute Gasteiger partial charge is 0.381 e. The first-order valence-corrected chi connectivity index (χ1v) is 14.4. The Morgan fingerprint density at radius 1 is 1.23 bits per heavy atom. The van der Waals surface area contributed by atoms with Crippen LogP contribution in [0.3, 0.4) is 0 Å². The van der Waals surface area contributed by atoms with Crippen molar-refractivity contribution in [1.29, 1.82) is 5.26 Å². The number of alkyl halides is 2. The van der Waals surface area contributed by atoms with Crippen molar-refractivity contribution in [2.24, 2.45) is 5.41 Å². The highest BCUT2D eigenvalue weighted by Crippen LogP contribution is 2.48. The number of aromatic nitrogens is 5. The minimum absolute atomic E-state index is 0.0228. The molecule has 4 aromatic rings. The summed E-state index contributed by atoms with van der Waals surface area (Å²) in [4.78, 5) is 8.43. The van der Waals surface area contributed by atoms with Crippen LogP contribution in [0.1, 0.15) is 61.7 Å². The van der Waals surface area contributed by atoms with Gasteiger partial charge < -0.3 is 15.4 Å². The van der Waals surface area contributed by atoms with E-state index in [1.165, 1.54) is 23.1 Å². The van der Waals surface area contributed by atoms with Gasteiger partial charge in [0.1, 0.15) is 17.3 Å². The molecule has 6 rings (SSSR count). The molecule has 0 amide bonds. The Morgan fingerprint density at radius 3 is 2.70 bits per heavy atom. The van der Waals surface area contributed by atoms with E-state index in [9.17, 15) is 18.4 Å². The third-order valence-electron chi connectivity index (χ3n) is 8.48. The SMILES string of the molecule is Cc1nc(F)ccc1[C@H](Nc1cc(Cl)c2ncc(C#N)c(N[C@@H]3CCOCC3(C)C)c2c1)c1cn(C2(C(F)F)CC2)nn1. The summed E-state index contributed by atoms with van der Waals surface area (Å²) in [5.41, 5.74) is 1.79. The van der Waals surface area contributed by atoms with E-state index in [0.29, 0.717) is 75.9 Å². The van der Waals surface area contributed by atoms with Gasteiger partial charge in [-0.05, 0) is 44.4 Å². The minimum atomic E-state index is -2.59. The summed E-state index contributed by atoms with van der Waals surface area (Å²) in [5.74, 6) is -0.645. The van der Waals surface area contributed by atoms with Crippen LogP contribution >= 0.6 is 11.6 Å². The molecular formula is C30H30ClF3N8O. The molecule has 2 atom stereocenters. The summed E-state index contributed by atoms with van der Waals surface area (Å²) in [5, 5.41) is 26.2. The number of benzene rings is 1. The van der Waals surface area contributed by atoms with Crippen LogP contribution in [0.4, 0.5) is 24.5 Å². The fraction of sp³-hybridized carbons (Fsp3) is 0.433. The molecule has 1 saturated carbocycles. The second kappa shape index (κ2) is 11.0. The highest BCUT2D eigenvalue weighted by Gasteiger charge is 2.54. The van der Waals surface area contributed by atoms with Gasteiger partial charge in [-0.15, -0.1) is 5.10 Å². The number of nitriles is 1. The van der Waals surface area contributed by atoms with Gasteiger partial charge in [-0.1, -0.05) is 36.7 Å². The van der Waals surface area contributed by atoms with E-state index in [4.69, 9.17) is 16.3 Å². The zero-order valence-corrected chi connectivity index (χ0v) is 24.6. The van der Waals surface area contributed by atoms with Gasteiger partial charge in [0.05, 0.1) is 40.6 Å². The van der Waals surface area contributed by atoms with Crippen LogP contribution in [0.2, 0.25) is 5.02 Å². The minimum Gasteiger partial charge on any atom is -0.381 e. The Balaban J connectivity index is 1.44. The average Bonchev–Trinajstić information content (AvgIpc) is 3.63. The van der Waals surface area contributed by atoms with Crippen LogP contribution in [-0.4, -0.2) is 50.6 Å². The number of fused-ring (bicyclic) bond motifs is 1. The van der Waals surface area contributed by atoms with Crippen molar-refractivity contribution < 1.29 is 17.9 Å². The molecule has 1 aliphatic carbocycles. The lowest BCUT2D eigenvalue weighted by atomic mass is 9.81. The number of nitrogens with zero attached hydrogens (tertiary/aromatic N) is 6. The fourth-order valence-electron chi connectivity index (χ4n) is 5.68.